The standard InChI is InChI=1S/C11H15N5O2/c1-3-18-8(17)4-7(2)16-6-15-9-10(12)13-5-14-11(9)16/h5-7H,3-4H2,1-2H3,(H2,12,13,14). The first-order chi connectivity index (χ1) is 8.63. The average Bonchev–Trinajstić information content (AvgIpc) is 2.74. The Balaban J connectivity index is 2.26. The molecular formula is C11H15N5O2. The fourth-order valence-corrected chi connectivity index (χ4v) is 1.75. The molecule has 2 N–H and O–H groups in total. The van der Waals surface area contributed by atoms with Crippen molar-refractivity contribution < 1.29 is 9.53 Å². The summed E-state index contributed by atoms with van der Waals surface area (Å²) in [5.74, 6) is 0.0935. The lowest BCUT2D eigenvalue weighted by Crippen LogP contribution is -2.13. The number of rotatable bonds is 4. The molecule has 7 nitrogen and oxygen atoms in total. The van der Waals surface area contributed by atoms with Gasteiger partial charge in [0.2, 0.25) is 0 Å². The number of nitrogen functional groups attached to an aromatic ring is 1. The molecule has 18 heavy (non-hydrogen) atoms. The summed E-state index contributed by atoms with van der Waals surface area (Å²) >= 11 is 0. The molecule has 0 aliphatic heterocycles. The van der Waals surface area contributed by atoms with Gasteiger partial charge in [0.1, 0.15) is 11.8 Å². The molecule has 2 rings (SSSR count). The number of anilines is 1. The van der Waals surface area contributed by atoms with Crippen LogP contribution in [0.5, 0.6) is 0 Å². The maximum Gasteiger partial charge on any atom is 0.307 e. The van der Waals surface area contributed by atoms with Crippen molar-refractivity contribution in [3.05, 3.63) is 12.7 Å². The monoisotopic (exact) mass is 249 g/mol. The molecule has 96 valence electrons. The smallest absolute Gasteiger partial charge is 0.307 e. The normalized spacial score (nSPS) is 12.6. The number of imidazole rings is 1. The van der Waals surface area contributed by atoms with Crippen LogP contribution < -0.4 is 5.73 Å². The third kappa shape index (κ3) is 2.24. The van der Waals surface area contributed by atoms with Gasteiger partial charge in [0.25, 0.3) is 0 Å². The van der Waals surface area contributed by atoms with Crippen LogP contribution in [0.2, 0.25) is 0 Å². The van der Waals surface area contributed by atoms with Crippen LogP contribution in [0.3, 0.4) is 0 Å². The molecule has 2 heterocycles. The summed E-state index contributed by atoms with van der Waals surface area (Å²) in [6, 6.07) is -0.0941. The third-order valence-corrected chi connectivity index (χ3v) is 2.63. The van der Waals surface area contributed by atoms with Crippen molar-refractivity contribution in [1.29, 1.82) is 0 Å². The highest BCUT2D eigenvalue weighted by Crippen LogP contribution is 2.20. The largest absolute Gasteiger partial charge is 0.466 e. The van der Waals surface area contributed by atoms with Crippen LogP contribution in [-0.4, -0.2) is 32.1 Å². The molecule has 0 fully saturated rings. The van der Waals surface area contributed by atoms with E-state index in [4.69, 9.17) is 10.5 Å². The first kappa shape index (κ1) is 12.3. The minimum atomic E-state index is -0.242. The molecule has 0 aliphatic rings. The topological polar surface area (TPSA) is 95.9 Å². The lowest BCUT2D eigenvalue weighted by molar-refractivity contribution is -0.143. The Morgan fingerprint density at radius 3 is 3.00 bits per heavy atom. The van der Waals surface area contributed by atoms with Gasteiger partial charge in [-0.3, -0.25) is 4.79 Å². The highest BCUT2D eigenvalue weighted by molar-refractivity contribution is 5.81. The second kappa shape index (κ2) is 4.99. The summed E-state index contributed by atoms with van der Waals surface area (Å²) in [4.78, 5) is 23.6. The summed E-state index contributed by atoms with van der Waals surface area (Å²) in [7, 11) is 0. The molecule has 7 heteroatoms. The number of nitrogens with zero attached hydrogens (tertiary/aromatic N) is 4. The predicted octanol–water partition coefficient (Wildman–Crippen LogP) is 0.923. The molecular weight excluding hydrogens is 234 g/mol. The van der Waals surface area contributed by atoms with Gasteiger partial charge in [0, 0.05) is 6.04 Å². The minimum Gasteiger partial charge on any atom is -0.466 e. The van der Waals surface area contributed by atoms with Crippen molar-refractivity contribution in [2.75, 3.05) is 12.3 Å². The molecule has 0 bridgehead atoms. The fraction of sp³-hybridized carbons (Fsp3) is 0.455. The van der Waals surface area contributed by atoms with Crippen molar-refractivity contribution in [2.24, 2.45) is 0 Å². The van der Waals surface area contributed by atoms with E-state index in [1.54, 1.807) is 17.8 Å². The van der Waals surface area contributed by atoms with Gasteiger partial charge < -0.3 is 15.0 Å². The summed E-state index contributed by atoms with van der Waals surface area (Å²) < 4.78 is 6.71. The number of hydrogen-bond acceptors (Lipinski definition) is 6. The first-order valence-electron chi connectivity index (χ1n) is 5.72. The number of carbonyl (C=O) groups is 1. The number of nitrogens with two attached hydrogens (primary N) is 1. The van der Waals surface area contributed by atoms with Gasteiger partial charge in [0.15, 0.2) is 11.5 Å². The summed E-state index contributed by atoms with van der Waals surface area (Å²) in [6.07, 6.45) is 3.26. The average molecular weight is 249 g/mol. The Morgan fingerprint density at radius 2 is 2.28 bits per heavy atom. The predicted molar refractivity (Wildman–Crippen MR) is 65.7 cm³/mol. The van der Waals surface area contributed by atoms with Crippen LogP contribution >= 0.6 is 0 Å². The zero-order valence-electron chi connectivity index (χ0n) is 10.3. The molecule has 1 atom stereocenters. The third-order valence-electron chi connectivity index (χ3n) is 2.63. The number of hydrogen-bond donors (Lipinski definition) is 1. The Hall–Kier alpha value is -2.18. The molecule has 0 radical (unpaired) electrons. The summed E-state index contributed by atoms with van der Waals surface area (Å²) in [5, 5.41) is 0. The molecule has 2 aromatic heterocycles. The van der Waals surface area contributed by atoms with Gasteiger partial charge in [-0.05, 0) is 13.8 Å². The second-order valence-electron chi connectivity index (χ2n) is 3.94. The first-order valence-corrected chi connectivity index (χ1v) is 5.72. The van der Waals surface area contributed by atoms with Crippen molar-refractivity contribution in [1.82, 2.24) is 19.5 Å². The van der Waals surface area contributed by atoms with Gasteiger partial charge in [0.05, 0.1) is 19.4 Å². The van der Waals surface area contributed by atoms with E-state index in [0.29, 0.717) is 23.6 Å². The zero-order valence-corrected chi connectivity index (χ0v) is 10.3. The summed E-state index contributed by atoms with van der Waals surface area (Å²) in [5.41, 5.74) is 6.87. The van der Waals surface area contributed by atoms with Crippen LogP contribution in [-0.2, 0) is 9.53 Å². The molecule has 0 saturated carbocycles. The Kier molecular flexibility index (Phi) is 3.40. The Bertz CT molecular complexity index is 566. The van der Waals surface area contributed by atoms with Gasteiger partial charge >= 0.3 is 5.97 Å². The van der Waals surface area contributed by atoms with Crippen LogP contribution in [0.15, 0.2) is 12.7 Å². The summed E-state index contributed by atoms with van der Waals surface area (Å²) in [6.45, 7) is 4.06. The second-order valence-corrected chi connectivity index (χ2v) is 3.94. The van der Waals surface area contributed by atoms with E-state index in [9.17, 15) is 4.79 Å². The van der Waals surface area contributed by atoms with Crippen LogP contribution in [0.4, 0.5) is 5.82 Å². The maximum atomic E-state index is 11.4. The number of aromatic nitrogens is 4. The van der Waals surface area contributed by atoms with Crippen molar-refractivity contribution in [2.45, 2.75) is 26.3 Å². The molecule has 0 spiro atoms. The minimum absolute atomic E-state index is 0.0941. The van der Waals surface area contributed by atoms with Gasteiger partial charge in [-0.1, -0.05) is 0 Å². The quantitative estimate of drug-likeness (QED) is 0.809. The molecule has 0 aromatic carbocycles. The highest BCUT2D eigenvalue weighted by Gasteiger charge is 2.16. The van der Waals surface area contributed by atoms with E-state index in [1.807, 2.05) is 6.92 Å². The van der Waals surface area contributed by atoms with Gasteiger partial charge in [-0.25, -0.2) is 15.0 Å². The molecule has 0 saturated heterocycles. The number of esters is 1. The molecule has 0 aliphatic carbocycles. The molecule has 2 aromatic rings. The van der Waals surface area contributed by atoms with Crippen molar-refractivity contribution in [3.8, 4) is 0 Å². The van der Waals surface area contributed by atoms with E-state index < -0.39 is 0 Å². The van der Waals surface area contributed by atoms with Crippen molar-refractivity contribution >= 4 is 23.0 Å². The van der Waals surface area contributed by atoms with E-state index >= 15 is 0 Å². The lowest BCUT2D eigenvalue weighted by atomic mass is 10.2. The van der Waals surface area contributed by atoms with E-state index in [1.165, 1.54) is 6.33 Å². The van der Waals surface area contributed by atoms with Crippen LogP contribution in [0.25, 0.3) is 11.2 Å². The van der Waals surface area contributed by atoms with E-state index in [-0.39, 0.29) is 18.4 Å². The van der Waals surface area contributed by atoms with E-state index in [0.717, 1.165) is 0 Å². The fourth-order valence-electron chi connectivity index (χ4n) is 1.75. The lowest BCUT2D eigenvalue weighted by Gasteiger charge is -2.12. The maximum absolute atomic E-state index is 11.4. The van der Waals surface area contributed by atoms with Crippen LogP contribution in [0, 0.1) is 0 Å². The van der Waals surface area contributed by atoms with E-state index in [2.05, 4.69) is 15.0 Å². The Labute approximate surface area is 104 Å². The highest BCUT2D eigenvalue weighted by atomic mass is 16.5. The van der Waals surface area contributed by atoms with Crippen molar-refractivity contribution in [3.63, 3.8) is 0 Å². The molecule has 0 amide bonds. The molecule has 1 unspecified atom stereocenters. The number of fused-ring (bicyclic) bond motifs is 1. The SMILES string of the molecule is CCOC(=O)CC(C)n1cnc2c(N)ncnc21. The van der Waals surface area contributed by atoms with Crippen LogP contribution in [0.1, 0.15) is 26.3 Å². The Morgan fingerprint density at radius 1 is 1.50 bits per heavy atom. The number of carbonyl (C=O) groups excluding carboxylic acids is 1. The number of ether oxygens (including phenoxy) is 1. The van der Waals surface area contributed by atoms with Gasteiger partial charge in [-0.15, -0.1) is 0 Å². The zero-order chi connectivity index (χ0) is 13.1. The van der Waals surface area contributed by atoms with Gasteiger partial charge in [-0.2, -0.15) is 0 Å².